The summed E-state index contributed by atoms with van der Waals surface area (Å²) in [4.78, 5) is 4.61. The second kappa shape index (κ2) is 6.13. The smallest absolute Gasteiger partial charge is 0.124 e. The number of rotatable bonds is 5. The van der Waals surface area contributed by atoms with Gasteiger partial charge >= 0.3 is 0 Å². The van der Waals surface area contributed by atoms with Gasteiger partial charge in [-0.15, -0.1) is 11.6 Å². The Balaban J connectivity index is 1.82. The first-order chi connectivity index (χ1) is 9.78. The number of imidazole rings is 1. The van der Waals surface area contributed by atoms with Gasteiger partial charge in [0.05, 0.1) is 16.9 Å². The Hall–Kier alpha value is -1.08. The molecule has 0 unspecified atom stereocenters. The van der Waals surface area contributed by atoms with Gasteiger partial charge in [-0.3, -0.25) is 4.68 Å². The van der Waals surface area contributed by atoms with E-state index in [2.05, 4.69) is 55.4 Å². The average Bonchev–Trinajstić information content (AvgIpc) is 3.06. The number of halogens is 2. The van der Waals surface area contributed by atoms with Crippen LogP contribution in [-0.4, -0.2) is 19.3 Å². The van der Waals surface area contributed by atoms with Crippen molar-refractivity contribution in [2.24, 2.45) is 0 Å². The average molecular weight is 401 g/mol. The van der Waals surface area contributed by atoms with Crippen LogP contribution in [0.1, 0.15) is 12.2 Å². The zero-order valence-electron chi connectivity index (χ0n) is 10.8. The third-order valence-corrected chi connectivity index (χ3v) is 4.15. The second-order valence-electron chi connectivity index (χ2n) is 4.57. The molecule has 3 rings (SSSR count). The quantitative estimate of drug-likeness (QED) is 0.484. The van der Waals surface area contributed by atoms with Gasteiger partial charge in [0.15, 0.2) is 0 Å². The fourth-order valence-electron chi connectivity index (χ4n) is 2.33. The Morgan fingerprint density at radius 3 is 2.90 bits per heavy atom. The molecule has 0 aliphatic heterocycles. The number of hydrogen-bond acceptors (Lipinski definition) is 2. The summed E-state index contributed by atoms with van der Waals surface area (Å²) in [6.07, 6.45) is 4.79. The van der Waals surface area contributed by atoms with Gasteiger partial charge in [-0.2, -0.15) is 5.10 Å². The van der Waals surface area contributed by atoms with E-state index in [0.717, 1.165) is 36.4 Å². The number of aryl methyl sites for hydroxylation is 2. The molecule has 20 heavy (non-hydrogen) atoms. The molecule has 0 saturated carbocycles. The van der Waals surface area contributed by atoms with E-state index in [9.17, 15) is 0 Å². The fraction of sp³-hybridized carbons (Fsp3) is 0.286. The molecule has 0 aliphatic rings. The molecular weight excluding hydrogens is 387 g/mol. The second-order valence-corrected chi connectivity index (χ2v) is 6.08. The van der Waals surface area contributed by atoms with Crippen LogP contribution in [0.15, 0.2) is 36.7 Å². The van der Waals surface area contributed by atoms with Crippen molar-refractivity contribution < 1.29 is 0 Å². The van der Waals surface area contributed by atoms with E-state index >= 15 is 0 Å². The van der Waals surface area contributed by atoms with E-state index in [0.29, 0.717) is 5.88 Å². The predicted octanol–water partition coefficient (Wildman–Crippen LogP) is 3.67. The van der Waals surface area contributed by atoms with Crippen molar-refractivity contribution in [1.29, 1.82) is 0 Å². The third kappa shape index (κ3) is 2.83. The third-order valence-electron chi connectivity index (χ3n) is 3.24. The molecule has 0 N–H and O–H groups in total. The molecule has 6 heteroatoms. The fourth-order valence-corrected chi connectivity index (χ4v) is 3.01. The summed E-state index contributed by atoms with van der Waals surface area (Å²) < 4.78 is 5.35. The first-order valence-electron chi connectivity index (χ1n) is 6.46. The number of fused-ring (bicyclic) bond motifs is 1. The van der Waals surface area contributed by atoms with Crippen LogP contribution in [0.4, 0.5) is 0 Å². The molecule has 0 amide bonds. The molecule has 0 bridgehead atoms. The molecule has 3 aromatic rings. The van der Waals surface area contributed by atoms with Crippen molar-refractivity contribution in [3.8, 4) is 0 Å². The minimum absolute atomic E-state index is 0.438. The van der Waals surface area contributed by atoms with Gasteiger partial charge in [0.25, 0.3) is 0 Å². The minimum Gasteiger partial charge on any atom is -0.327 e. The lowest BCUT2D eigenvalue weighted by molar-refractivity contribution is 0.526. The van der Waals surface area contributed by atoms with Crippen LogP contribution >= 0.6 is 34.2 Å². The molecule has 0 saturated heterocycles. The summed E-state index contributed by atoms with van der Waals surface area (Å²) >= 11 is 8.32. The molecule has 104 valence electrons. The summed E-state index contributed by atoms with van der Waals surface area (Å²) in [6.45, 7) is 1.80. The number of aromatic nitrogens is 4. The maximum absolute atomic E-state index is 6.02. The Bertz CT molecular complexity index is 705. The lowest BCUT2D eigenvalue weighted by Crippen LogP contribution is -2.06. The van der Waals surface area contributed by atoms with Crippen LogP contribution in [0, 0.1) is 3.57 Å². The number of benzene rings is 1. The summed E-state index contributed by atoms with van der Waals surface area (Å²) in [5.41, 5.74) is 2.17. The van der Waals surface area contributed by atoms with Crippen molar-refractivity contribution in [2.75, 3.05) is 0 Å². The molecule has 0 fully saturated rings. The van der Waals surface area contributed by atoms with Crippen molar-refractivity contribution in [1.82, 2.24) is 19.3 Å². The summed E-state index contributed by atoms with van der Waals surface area (Å²) in [5, 5.41) is 4.22. The van der Waals surface area contributed by atoms with Crippen molar-refractivity contribution in [3.63, 3.8) is 0 Å². The van der Waals surface area contributed by atoms with Crippen molar-refractivity contribution in [3.05, 3.63) is 46.1 Å². The normalized spacial score (nSPS) is 11.3. The molecule has 0 atom stereocenters. The Labute approximate surface area is 135 Å². The number of nitrogens with zero attached hydrogens (tertiary/aromatic N) is 4. The maximum atomic E-state index is 6.02. The largest absolute Gasteiger partial charge is 0.327 e. The van der Waals surface area contributed by atoms with Crippen LogP contribution in [-0.2, 0) is 19.0 Å². The molecular formula is C14H14ClIN4. The minimum atomic E-state index is 0.438. The van der Waals surface area contributed by atoms with Gasteiger partial charge < -0.3 is 4.57 Å². The highest BCUT2D eigenvalue weighted by atomic mass is 127. The predicted molar refractivity (Wildman–Crippen MR) is 88.9 cm³/mol. The molecule has 0 radical (unpaired) electrons. The van der Waals surface area contributed by atoms with Crippen LogP contribution in [0.5, 0.6) is 0 Å². The SMILES string of the molecule is ClCc1nc2cc(I)ccc2n1CCCn1cccn1. The van der Waals surface area contributed by atoms with E-state index in [1.807, 2.05) is 16.9 Å². The number of alkyl halides is 1. The lowest BCUT2D eigenvalue weighted by atomic mass is 10.3. The van der Waals surface area contributed by atoms with Crippen LogP contribution in [0.3, 0.4) is 0 Å². The van der Waals surface area contributed by atoms with Gasteiger partial charge in [-0.25, -0.2) is 4.98 Å². The zero-order chi connectivity index (χ0) is 13.9. The number of hydrogen-bond donors (Lipinski definition) is 0. The maximum Gasteiger partial charge on any atom is 0.124 e. The molecule has 2 heterocycles. The molecule has 4 nitrogen and oxygen atoms in total. The van der Waals surface area contributed by atoms with Crippen LogP contribution in [0.2, 0.25) is 0 Å². The molecule has 2 aromatic heterocycles. The van der Waals surface area contributed by atoms with Crippen LogP contribution < -0.4 is 0 Å². The van der Waals surface area contributed by atoms with E-state index in [-0.39, 0.29) is 0 Å². The lowest BCUT2D eigenvalue weighted by Gasteiger charge is -2.08. The highest BCUT2D eigenvalue weighted by molar-refractivity contribution is 14.1. The van der Waals surface area contributed by atoms with E-state index < -0.39 is 0 Å². The standard InChI is InChI=1S/C14H14ClIN4/c15-10-14-18-12-9-11(16)3-4-13(12)20(14)8-2-7-19-6-1-5-17-19/h1,3-6,9H,2,7-8,10H2. The van der Waals surface area contributed by atoms with Crippen LogP contribution in [0.25, 0.3) is 11.0 Å². The topological polar surface area (TPSA) is 35.6 Å². The van der Waals surface area contributed by atoms with Crippen molar-refractivity contribution in [2.45, 2.75) is 25.4 Å². The van der Waals surface area contributed by atoms with Gasteiger partial charge in [0.1, 0.15) is 5.82 Å². The summed E-state index contributed by atoms with van der Waals surface area (Å²) in [5.74, 6) is 1.37. The monoisotopic (exact) mass is 400 g/mol. The first kappa shape index (κ1) is 13.9. The first-order valence-corrected chi connectivity index (χ1v) is 8.07. The zero-order valence-corrected chi connectivity index (χ0v) is 13.8. The highest BCUT2D eigenvalue weighted by Gasteiger charge is 2.09. The molecule has 1 aromatic carbocycles. The molecule has 0 aliphatic carbocycles. The van der Waals surface area contributed by atoms with Gasteiger partial charge in [0, 0.05) is 29.1 Å². The highest BCUT2D eigenvalue weighted by Crippen LogP contribution is 2.20. The molecule has 0 spiro atoms. The van der Waals surface area contributed by atoms with E-state index in [4.69, 9.17) is 11.6 Å². The van der Waals surface area contributed by atoms with E-state index in [1.54, 1.807) is 6.20 Å². The van der Waals surface area contributed by atoms with E-state index in [1.165, 1.54) is 3.57 Å². The Kier molecular flexibility index (Phi) is 4.26. The van der Waals surface area contributed by atoms with Gasteiger partial charge in [-0.05, 0) is 53.3 Å². The van der Waals surface area contributed by atoms with Gasteiger partial charge in [0.2, 0.25) is 0 Å². The summed E-state index contributed by atoms with van der Waals surface area (Å²) in [6, 6.07) is 8.26. The summed E-state index contributed by atoms with van der Waals surface area (Å²) in [7, 11) is 0. The Morgan fingerprint density at radius 2 is 2.15 bits per heavy atom. The van der Waals surface area contributed by atoms with Gasteiger partial charge in [-0.1, -0.05) is 0 Å². The van der Waals surface area contributed by atoms with Crippen molar-refractivity contribution >= 4 is 45.2 Å². The Morgan fingerprint density at radius 1 is 1.25 bits per heavy atom.